The van der Waals surface area contributed by atoms with Crippen molar-refractivity contribution in [1.29, 1.82) is 0 Å². The molecule has 2 aromatic rings. The fraction of sp³-hybridized carbons (Fsp3) is 0.391. The van der Waals surface area contributed by atoms with Crippen LogP contribution in [0.15, 0.2) is 46.8 Å². The molecule has 0 bridgehead atoms. The second-order valence-corrected chi connectivity index (χ2v) is 10.7. The smallest absolute Gasteiger partial charge is 0.352 e. The Labute approximate surface area is 230 Å². The van der Waals surface area contributed by atoms with Gasteiger partial charge in [0.25, 0.3) is 5.91 Å². The lowest BCUT2D eigenvalue weighted by Crippen LogP contribution is -2.71. The number of fused-ring (bicyclic) bond motifs is 1. The zero-order valence-corrected chi connectivity index (χ0v) is 22.3. The molecule has 0 saturated carbocycles. The summed E-state index contributed by atoms with van der Waals surface area (Å²) in [5.41, 5.74) is 0.888. The lowest BCUT2D eigenvalue weighted by Gasteiger charge is -2.49. The summed E-state index contributed by atoms with van der Waals surface area (Å²) in [7, 11) is 1.66. The number of nitrogens with one attached hydrogen (secondary N) is 2. The van der Waals surface area contributed by atoms with Crippen LogP contribution in [-0.2, 0) is 31.0 Å². The molecule has 1 fully saturated rings. The van der Waals surface area contributed by atoms with E-state index in [4.69, 9.17) is 5.11 Å². The molecule has 16 heteroatoms. The number of aliphatic carboxylic acids is 2. The van der Waals surface area contributed by atoms with Gasteiger partial charge in [0.15, 0.2) is 0 Å². The number of carbonyl (C=O) groups excluding carboxylic acids is 3. The molecule has 1 aromatic carbocycles. The highest BCUT2D eigenvalue weighted by Gasteiger charge is 2.54. The van der Waals surface area contributed by atoms with E-state index in [0.717, 1.165) is 0 Å². The number of rotatable bonds is 12. The van der Waals surface area contributed by atoms with Crippen molar-refractivity contribution >= 4 is 53.2 Å². The van der Waals surface area contributed by atoms with Gasteiger partial charge in [-0.2, -0.15) is 0 Å². The van der Waals surface area contributed by atoms with Crippen molar-refractivity contribution in [1.82, 2.24) is 35.7 Å². The maximum Gasteiger partial charge on any atom is 0.352 e. The molecular formula is C23H25N7O7S2. The van der Waals surface area contributed by atoms with Crippen molar-refractivity contribution in [3.63, 3.8) is 0 Å². The second-order valence-electron chi connectivity index (χ2n) is 8.69. The van der Waals surface area contributed by atoms with E-state index in [0.29, 0.717) is 22.0 Å². The molecular weight excluding hydrogens is 550 g/mol. The highest BCUT2D eigenvalue weighted by molar-refractivity contribution is 8.01. The third-order valence-electron chi connectivity index (χ3n) is 6.00. The number of aryl methyl sites for hydroxylation is 1. The summed E-state index contributed by atoms with van der Waals surface area (Å²) >= 11 is 2.57. The molecule has 2 aliphatic rings. The minimum Gasteiger partial charge on any atom is -0.481 e. The predicted octanol–water partition coefficient (Wildman–Crippen LogP) is 0.153. The largest absolute Gasteiger partial charge is 0.481 e. The Kier molecular flexibility index (Phi) is 8.86. The first kappa shape index (κ1) is 28.1. The average molecular weight is 576 g/mol. The van der Waals surface area contributed by atoms with Gasteiger partial charge in [0.05, 0.1) is 0 Å². The first-order valence-corrected chi connectivity index (χ1v) is 13.8. The molecule has 0 spiro atoms. The number of tetrazole rings is 1. The highest BCUT2D eigenvalue weighted by atomic mass is 32.2. The number of hydrogen-bond acceptors (Lipinski definition) is 10. The van der Waals surface area contributed by atoms with Gasteiger partial charge in [-0.3, -0.25) is 24.1 Å². The Balaban J connectivity index is 1.45. The number of benzene rings is 1. The van der Waals surface area contributed by atoms with E-state index >= 15 is 0 Å². The zero-order chi connectivity index (χ0) is 28.1. The van der Waals surface area contributed by atoms with Crippen molar-refractivity contribution in [2.24, 2.45) is 7.05 Å². The maximum atomic E-state index is 13.3. The zero-order valence-electron chi connectivity index (χ0n) is 20.6. The summed E-state index contributed by atoms with van der Waals surface area (Å²) in [5.74, 6) is -3.40. The monoisotopic (exact) mass is 575 g/mol. The molecule has 0 aliphatic carbocycles. The SMILES string of the molecule is Cn1nnnc1SCC1=C(C(=O)O)N2C(=O)[C@@H](NC(=O)C(NC(=O)CCCC(=O)O)c3ccccc3)[C@H]2SC1. The number of β-lactam (4-membered cyclic amide) rings is 1. The molecule has 14 nitrogen and oxygen atoms in total. The molecule has 0 radical (unpaired) electrons. The van der Waals surface area contributed by atoms with Crippen LogP contribution in [0.25, 0.3) is 0 Å². The van der Waals surface area contributed by atoms with Crippen LogP contribution >= 0.6 is 23.5 Å². The molecule has 1 saturated heterocycles. The standard InChI is InChI=1S/C23H25N7O7S2/c1-29-23(26-27-28-29)39-11-13-10-38-21-17(20(35)30(21)18(13)22(36)37)25-19(34)16(12-6-3-2-4-7-12)24-14(31)8-5-9-15(32)33/h2-4,6-7,16-17,21H,5,8-11H2,1H3,(H,24,31)(H,25,34)(H,32,33)(H,36,37)/t16?,17-,21-/m1/s1. The van der Waals surface area contributed by atoms with Gasteiger partial charge in [-0.1, -0.05) is 42.1 Å². The number of amides is 3. The van der Waals surface area contributed by atoms with Crippen LogP contribution in [0.1, 0.15) is 30.9 Å². The molecule has 3 atom stereocenters. The normalized spacial score (nSPS) is 19.1. The molecule has 1 aromatic heterocycles. The number of aromatic nitrogens is 4. The fourth-order valence-electron chi connectivity index (χ4n) is 4.11. The van der Waals surface area contributed by atoms with Gasteiger partial charge in [-0.05, 0) is 28.0 Å². The van der Waals surface area contributed by atoms with Crippen LogP contribution in [0.3, 0.4) is 0 Å². The van der Waals surface area contributed by atoms with E-state index in [-0.39, 0.29) is 30.7 Å². The fourth-order valence-corrected chi connectivity index (χ4v) is 6.44. The molecule has 1 unspecified atom stereocenters. The summed E-state index contributed by atoms with van der Waals surface area (Å²) in [5, 5.41) is 35.0. The van der Waals surface area contributed by atoms with Gasteiger partial charge in [-0.15, -0.1) is 16.9 Å². The average Bonchev–Trinajstić information content (AvgIpc) is 3.32. The van der Waals surface area contributed by atoms with E-state index in [1.165, 1.54) is 33.1 Å². The molecule has 206 valence electrons. The summed E-state index contributed by atoms with van der Waals surface area (Å²) in [6, 6.07) is 6.32. The number of carboxylic acid groups (broad SMARTS) is 2. The molecule has 4 rings (SSSR count). The first-order chi connectivity index (χ1) is 18.7. The van der Waals surface area contributed by atoms with E-state index in [9.17, 15) is 29.1 Å². The summed E-state index contributed by atoms with van der Waals surface area (Å²) in [6.07, 6.45) is -0.164. The van der Waals surface area contributed by atoms with Crippen molar-refractivity contribution in [3.05, 3.63) is 47.2 Å². The van der Waals surface area contributed by atoms with Gasteiger partial charge >= 0.3 is 11.9 Å². The second kappa shape index (κ2) is 12.3. The Morgan fingerprint density at radius 3 is 2.56 bits per heavy atom. The van der Waals surface area contributed by atoms with Crippen molar-refractivity contribution in [3.8, 4) is 0 Å². The molecule has 4 N–H and O–H groups in total. The van der Waals surface area contributed by atoms with Gasteiger partial charge in [0.1, 0.15) is 23.2 Å². The van der Waals surface area contributed by atoms with Crippen LogP contribution in [0.5, 0.6) is 0 Å². The Hall–Kier alpha value is -3.92. The topological polar surface area (TPSA) is 197 Å². The quantitative estimate of drug-likeness (QED) is 0.198. The minimum absolute atomic E-state index is 0.0878. The number of carbonyl (C=O) groups is 5. The van der Waals surface area contributed by atoms with Gasteiger partial charge in [0.2, 0.25) is 17.0 Å². The molecule has 39 heavy (non-hydrogen) atoms. The van der Waals surface area contributed by atoms with Crippen molar-refractivity contribution < 1.29 is 34.2 Å². The lowest BCUT2D eigenvalue weighted by atomic mass is 10.0. The Morgan fingerprint density at radius 2 is 1.92 bits per heavy atom. The van der Waals surface area contributed by atoms with Gasteiger partial charge < -0.3 is 20.8 Å². The first-order valence-electron chi connectivity index (χ1n) is 11.8. The molecule has 3 heterocycles. The maximum absolute atomic E-state index is 13.3. The summed E-state index contributed by atoms with van der Waals surface area (Å²) < 4.78 is 1.46. The highest BCUT2D eigenvalue weighted by Crippen LogP contribution is 2.41. The summed E-state index contributed by atoms with van der Waals surface area (Å²) in [4.78, 5) is 62.8. The molecule has 2 aliphatic heterocycles. The third kappa shape index (κ3) is 6.39. The summed E-state index contributed by atoms with van der Waals surface area (Å²) in [6.45, 7) is 0. The van der Waals surface area contributed by atoms with Crippen LogP contribution in [0, 0.1) is 0 Å². The number of thioether (sulfide) groups is 2. The van der Waals surface area contributed by atoms with Crippen LogP contribution in [0.4, 0.5) is 0 Å². The third-order valence-corrected chi connectivity index (χ3v) is 8.44. The van der Waals surface area contributed by atoms with E-state index < -0.39 is 47.1 Å². The Morgan fingerprint density at radius 1 is 1.18 bits per heavy atom. The van der Waals surface area contributed by atoms with Gasteiger partial charge in [0, 0.05) is 31.4 Å². The number of nitrogens with zero attached hydrogens (tertiary/aromatic N) is 5. The van der Waals surface area contributed by atoms with Crippen molar-refractivity contribution in [2.75, 3.05) is 11.5 Å². The molecule has 3 amide bonds. The van der Waals surface area contributed by atoms with Crippen LogP contribution in [0.2, 0.25) is 0 Å². The van der Waals surface area contributed by atoms with Gasteiger partial charge in [-0.25, -0.2) is 9.48 Å². The van der Waals surface area contributed by atoms with E-state index in [1.807, 2.05) is 0 Å². The van der Waals surface area contributed by atoms with Crippen molar-refractivity contribution in [2.45, 2.75) is 41.9 Å². The lowest BCUT2D eigenvalue weighted by molar-refractivity contribution is -0.151. The number of carboxylic acids is 2. The van der Waals surface area contributed by atoms with Crippen LogP contribution in [-0.4, -0.2) is 87.9 Å². The Bertz CT molecular complexity index is 1320. The minimum atomic E-state index is -1.25. The number of hydrogen-bond donors (Lipinski definition) is 4. The van der Waals surface area contributed by atoms with E-state index in [1.54, 1.807) is 37.4 Å². The van der Waals surface area contributed by atoms with E-state index in [2.05, 4.69) is 26.2 Å². The predicted molar refractivity (Wildman–Crippen MR) is 138 cm³/mol. The van der Waals surface area contributed by atoms with Crippen LogP contribution < -0.4 is 10.6 Å².